The second kappa shape index (κ2) is 8.54. The number of thiophene rings is 1. The molecule has 10 aromatic rings. The van der Waals surface area contributed by atoms with Crippen molar-refractivity contribution >= 4 is 86.0 Å². The summed E-state index contributed by atoms with van der Waals surface area (Å²) in [5, 5.41) is 9.98. The van der Waals surface area contributed by atoms with Gasteiger partial charge in [-0.25, -0.2) is 4.98 Å². The van der Waals surface area contributed by atoms with E-state index in [-0.39, 0.29) is 0 Å². The molecule has 0 spiro atoms. The van der Waals surface area contributed by atoms with Crippen LogP contribution in [0.2, 0.25) is 0 Å². The molecule has 0 aliphatic carbocycles. The third-order valence-electron chi connectivity index (χ3n) is 8.84. The molecule has 0 aliphatic rings. The van der Waals surface area contributed by atoms with Crippen molar-refractivity contribution in [1.29, 1.82) is 0 Å². The molecule has 0 fully saturated rings. The monoisotopic (exact) mass is 566 g/mol. The van der Waals surface area contributed by atoms with Crippen LogP contribution in [0.1, 0.15) is 0 Å². The van der Waals surface area contributed by atoms with Crippen molar-refractivity contribution in [2.45, 2.75) is 0 Å². The number of pyridine rings is 1. The fourth-order valence-corrected chi connectivity index (χ4v) is 8.27. The molecular weight excluding hydrogens is 545 g/mol. The number of hydrogen-bond donors (Lipinski definition) is 0. The minimum absolute atomic E-state index is 0.897. The van der Waals surface area contributed by atoms with Crippen LogP contribution in [0.25, 0.3) is 91.6 Å². The van der Waals surface area contributed by atoms with Gasteiger partial charge in [0.25, 0.3) is 0 Å². The molecule has 4 heterocycles. The summed E-state index contributed by atoms with van der Waals surface area (Å²) >= 11 is 1.87. The van der Waals surface area contributed by atoms with Gasteiger partial charge in [-0.3, -0.25) is 4.57 Å². The van der Waals surface area contributed by atoms with Crippen molar-refractivity contribution in [3.05, 3.63) is 134 Å². The summed E-state index contributed by atoms with van der Waals surface area (Å²) in [6, 6.07) is 45.2. The van der Waals surface area contributed by atoms with Gasteiger partial charge in [0, 0.05) is 54.3 Å². The van der Waals surface area contributed by atoms with Crippen LogP contribution in [-0.2, 0) is 0 Å². The summed E-state index contributed by atoms with van der Waals surface area (Å²) in [4.78, 5) is 5.13. The second-order valence-electron chi connectivity index (χ2n) is 11.1. The van der Waals surface area contributed by atoms with Crippen LogP contribution in [0, 0.1) is 0 Å². The average Bonchev–Trinajstić information content (AvgIpc) is 3.75. The zero-order valence-electron chi connectivity index (χ0n) is 22.9. The minimum Gasteiger partial charge on any atom is -0.455 e. The zero-order valence-corrected chi connectivity index (χ0v) is 23.7. The molecule has 4 heteroatoms. The Balaban J connectivity index is 1.28. The Hall–Kier alpha value is -5.45. The highest BCUT2D eigenvalue weighted by atomic mass is 32.1. The molecule has 43 heavy (non-hydrogen) atoms. The lowest BCUT2D eigenvalue weighted by atomic mass is 9.99. The van der Waals surface area contributed by atoms with Gasteiger partial charge in [0.1, 0.15) is 17.0 Å². The predicted octanol–water partition coefficient (Wildman–Crippen LogP) is 11.3. The van der Waals surface area contributed by atoms with Crippen LogP contribution in [0.3, 0.4) is 0 Å². The van der Waals surface area contributed by atoms with E-state index < -0.39 is 0 Å². The molecule has 200 valence electrons. The summed E-state index contributed by atoms with van der Waals surface area (Å²) in [7, 11) is 0. The largest absolute Gasteiger partial charge is 0.455 e. The maximum Gasteiger partial charge on any atom is 0.143 e. The lowest BCUT2D eigenvalue weighted by molar-refractivity contribution is 0.670. The Morgan fingerprint density at radius 3 is 2.09 bits per heavy atom. The van der Waals surface area contributed by atoms with Gasteiger partial charge in [-0.15, -0.1) is 11.3 Å². The van der Waals surface area contributed by atoms with Crippen molar-refractivity contribution in [2.24, 2.45) is 0 Å². The van der Waals surface area contributed by atoms with Gasteiger partial charge >= 0.3 is 0 Å². The average molecular weight is 567 g/mol. The molecule has 0 bridgehead atoms. The number of nitrogens with zero attached hydrogens (tertiary/aromatic N) is 2. The Morgan fingerprint density at radius 1 is 0.558 bits per heavy atom. The molecule has 6 aromatic carbocycles. The van der Waals surface area contributed by atoms with Crippen LogP contribution in [0.4, 0.5) is 0 Å². The summed E-state index contributed by atoms with van der Waals surface area (Å²) in [5.74, 6) is 0.903. The molecule has 0 unspecified atom stereocenters. The third kappa shape index (κ3) is 3.10. The van der Waals surface area contributed by atoms with Crippen LogP contribution in [-0.4, -0.2) is 9.55 Å². The first-order valence-electron chi connectivity index (χ1n) is 14.5. The van der Waals surface area contributed by atoms with E-state index in [4.69, 9.17) is 9.40 Å². The van der Waals surface area contributed by atoms with Crippen molar-refractivity contribution < 1.29 is 4.42 Å². The fraction of sp³-hybridized carbons (Fsp3) is 0. The number of para-hydroxylation sites is 3. The van der Waals surface area contributed by atoms with Crippen molar-refractivity contribution in [2.75, 3.05) is 0 Å². The summed E-state index contributed by atoms with van der Waals surface area (Å²) < 4.78 is 11.3. The number of hydrogen-bond acceptors (Lipinski definition) is 3. The Bertz CT molecular complexity index is 2730. The normalized spacial score (nSPS) is 12.2. The van der Waals surface area contributed by atoms with Crippen molar-refractivity contribution in [1.82, 2.24) is 9.55 Å². The number of rotatable bonds is 2. The van der Waals surface area contributed by atoms with E-state index in [1.165, 1.54) is 47.2 Å². The number of furan rings is 1. The predicted molar refractivity (Wildman–Crippen MR) is 182 cm³/mol. The van der Waals surface area contributed by atoms with Gasteiger partial charge in [-0.1, -0.05) is 97.1 Å². The molecule has 0 radical (unpaired) electrons. The molecule has 0 aliphatic heterocycles. The van der Waals surface area contributed by atoms with Gasteiger partial charge in [-0.05, 0) is 41.1 Å². The molecule has 0 amide bonds. The van der Waals surface area contributed by atoms with E-state index in [1.807, 2.05) is 29.7 Å². The van der Waals surface area contributed by atoms with Crippen molar-refractivity contribution in [3.8, 4) is 16.9 Å². The molecule has 0 N–H and O–H groups in total. The fourth-order valence-electron chi connectivity index (χ4n) is 7.02. The Labute approximate surface area is 249 Å². The molecule has 0 saturated heterocycles. The van der Waals surface area contributed by atoms with Gasteiger partial charge in [0.2, 0.25) is 0 Å². The smallest absolute Gasteiger partial charge is 0.143 e. The SMILES string of the molecule is c1ccc2c(c1)oc1c(-c3ccc(-n4c5ccccc5c5c6ccccc6c6c7ccccc7sc6c54)nc3)cccc12. The Morgan fingerprint density at radius 2 is 1.26 bits per heavy atom. The first kappa shape index (κ1) is 23.1. The van der Waals surface area contributed by atoms with Crippen LogP contribution < -0.4 is 0 Å². The second-order valence-corrected chi connectivity index (χ2v) is 12.2. The van der Waals surface area contributed by atoms with E-state index in [2.05, 4.69) is 120 Å². The molecular formula is C39H22N2OS. The van der Waals surface area contributed by atoms with Gasteiger partial charge in [0.05, 0.1) is 15.7 Å². The lowest BCUT2D eigenvalue weighted by Gasteiger charge is -2.10. The van der Waals surface area contributed by atoms with Crippen LogP contribution in [0.15, 0.2) is 138 Å². The highest BCUT2D eigenvalue weighted by Gasteiger charge is 2.22. The summed E-state index contributed by atoms with van der Waals surface area (Å²) in [5.41, 5.74) is 6.26. The third-order valence-corrected chi connectivity index (χ3v) is 10.0. The topological polar surface area (TPSA) is 31.0 Å². The van der Waals surface area contributed by atoms with Crippen LogP contribution in [0.5, 0.6) is 0 Å². The number of aromatic nitrogens is 2. The molecule has 3 nitrogen and oxygen atoms in total. The molecule has 10 rings (SSSR count). The van der Waals surface area contributed by atoms with E-state index >= 15 is 0 Å². The van der Waals surface area contributed by atoms with Gasteiger partial charge in [0.15, 0.2) is 0 Å². The molecule has 0 saturated carbocycles. The van der Waals surface area contributed by atoms with Crippen molar-refractivity contribution in [3.63, 3.8) is 0 Å². The van der Waals surface area contributed by atoms with E-state index in [0.29, 0.717) is 0 Å². The van der Waals surface area contributed by atoms with E-state index in [9.17, 15) is 0 Å². The Kier molecular flexibility index (Phi) is 4.60. The molecule has 4 aromatic heterocycles. The van der Waals surface area contributed by atoms with Gasteiger partial charge in [-0.2, -0.15) is 0 Å². The lowest BCUT2D eigenvalue weighted by Crippen LogP contribution is -1.97. The first-order valence-corrected chi connectivity index (χ1v) is 15.3. The first-order chi connectivity index (χ1) is 21.3. The van der Waals surface area contributed by atoms with Crippen LogP contribution >= 0.6 is 11.3 Å². The minimum atomic E-state index is 0.897. The zero-order chi connectivity index (χ0) is 28.1. The van der Waals surface area contributed by atoms with E-state index in [0.717, 1.165) is 44.4 Å². The molecule has 0 atom stereocenters. The highest BCUT2D eigenvalue weighted by Crippen LogP contribution is 2.47. The highest BCUT2D eigenvalue weighted by molar-refractivity contribution is 7.27. The quantitative estimate of drug-likeness (QED) is 0.208. The number of fused-ring (bicyclic) bond motifs is 13. The van der Waals surface area contributed by atoms with E-state index in [1.54, 1.807) is 0 Å². The maximum absolute atomic E-state index is 6.34. The standard InChI is InChI=1S/C39H22N2OS/c1-2-12-27-26(11-1)35-29-13-3-6-17-31(29)41(37(35)39-36(27)30-14-5-8-19-33(30)43-39)34-21-20-23(22-40-34)24-15-9-16-28-25-10-4-7-18-32(25)42-38(24)28/h1-22H. The summed E-state index contributed by atoms with van der Waals surface area (Å²) in [6.45, 7) is 0. The number of benzene rings is 6. The summed E-state index contributed by atoms with van der Waals surface area (Å²) in [6.07, 6.45) is 1.99. The van der Waals surface area contributed by atoms with Gasteiger partial charge < -0.3 is 4.42 Å². The maximum atomic E-state index is 6.34.